The zero-order valence-electron chi connectivity index (χ0n) is 11.0. The molecule has 0 aromatic heterocycles. The fourth-order valence-electron chi connectivity index (χ4n) is 2.53. The van der Waals surface area contributed by atoms with Gasteiger partial charge >= 0.3 is 0 Å². The average Bonchev–Trinajstić information content (AvgIpc) is 2.41. The summed E-state index contributed by atoms with van der Waals surface area (Å²) in [6.07, 6.45) is 5.07. The van der Waals surface area contributed by atoms with Crippen molar-refractivity contribution in [3.63, 3.8) is 0 Å². The van der Waals surface area contributed by atoms with Gasteiger partial charge in [0.2, 0.25) is 6.29 Å². The summed E-state index contributed by atoms with van der Waals surface area (Å²) in [6, 6.07) is 6.12. The first kappa shape index (κ1) is 13.1. The lowest BCUT2D eigenvalue weighted by Crippen LogP contribution is -2.35. The number of anilines is 1. The van der Waals surface area contributed by atoms with Crippen LogP contribution in [0.3, 0.4) is 0 Å². The van der Waals surface area contributed by atoms with Crippen LogP contribution in [-0.2, 0) is 11.2 Å². The summed E-state index contributed by atoms with van der Waals surface area (Å²) in [4.78, 5) is 13.0. The summed E-state index contributed by atoms with van der Waals surface area (Å²) < 4.78 is 0. The van der Waals surface area contributed by atoms with E-state index in [0.29, 0.717) is 0 Å². The van der Waals surface area contributed by atoms with Gasteiger partial charge in [0.05, 0.1) is 0 Å². The predicted octanol–water partition coefficient (Wildman–Crippen LogP) is 1.94. The molecule has 0 amide bonds. The lowest BCUT2D eigenvalue weighted by molar-refractivity contribution is 0.209. The van der Waals surface area contributed by atoms with Crippen LogP contribution in [0.1, 0.15) is 24.0 Å². The molecule has 1 aliphatic heterocycles. The maximum Gasteiger partial charge on any atom is 0.201 e. The highest BCUT2D eigenvalue weighted by atomic mass is 16.1. The molecule has 1 fully saturated rings. The SMILES string of the molecule is Cc1c(N)cccc1CCN1CCC([C]=O)CC1. The number of benzene rings is 1. The highest BCUT2D eigenvalue weighted by molar-refractivity contribution is 5.54. The third-order valence-electron chi connectivity index (χ3n) is 3.94. The van der Waals surface area contributed by atoms with Gasteiger partial charge in [0.15, 0.2) is 0 Å². The summed E-state index contributed by atoms with van der Waals surface area (Å²) in [5, 5.41) is 0. The monoisotopic (exact) mass is 245 g/mol. The van der Waals surface area contributed by atoms with Crippen LogP contribution >= 0.6 is 0 Å². The molecule has 1 saturated heterocycles. The lowest BCUT2D eigenvalue weighted by Gasteiger charge is -2.29. The number of nitrogens with zero attached hydrogens (tertiary/aromatic N) is 1. The second-order valence-corrected chi connectivity index (χ2v) is 5.12. The zero-order valence-corrected chi connectivity index (χ0v) is 11.0. The van der Waals surface area contributed by atoms with Crippen LogP contribution in [0.5, 0.6) is 0 Å². The molecule has 0 saturated carbocycles. The summed E-state index contributed by atoms with van der Waals surface area (Å²) in [6.45, 7) is 5.16. The van der Waals surface area contributed by atoms with Crippen molar-refractivity contribution in [2.24, 2.45) is 5.92 Å². The molecular weight excluding hydrogens is 224 g/mol. The molecule has 18 heavy (non-hydrogen) atoms. The maximum atomic E-state index is 10.6. The van der Waals surface area contributed by atoms with Gasteiger partial charge in [-0.05, 0) is 56.5 Å². The van der Waals surface area contributed by atoms with Crippen LogP contribution in [0, 0.1) is 12.8 Å². The molecule has 0 bridgehead atoms. The molecule has 1 aromatic rings. The van der Waals surface area contributed by atoms with Crippen molar-refractivity contribution in [1.82, 2.24) is 4.90 Å². The van der Waals surface area contributed by atoms with Gasteiger partial charge < -0.3 is 10.6 Å². The second-order valence-electron chi connectivity index (χ2n) is 5.12. The number of hydrogen-bond donors (Lipinski definition) is 1. The zero-order chi connectivity index (χ0) is 13.0. The number of hydrogen-bond acceptors (Lipinski definition) is 3. The van der Waals surface area contributed by atoms with E-state index in [1.54, 1.807) is 0 Å². The molecule has 0 unspecified atom stereocenters. The van der Waals surface area contributed by atoms with Gasteiger partial charge in [0.1, 0.15) is 0 Å². The number of rotatable bonds is 4. The summed E-state index contributed by atoms with van der Waals surface area (Å²) in [5.74, 6) is 0.162. The van der Waals surface area contributed by atoms with Gasteiger partial charge in [-0.15, -0.1) is 0 Å². The van der Waals surface area contributed by atoms with Crippen molar-refractivity contribution in [1.29, 1.82) is 0 Å². The van der Waals surface area contributed by atoms with Gasteiger partial charge in [-0.1, -0.05) is 12.1 Å². The molecule has 0 aliphatic carbocycles. The van der Waals surface area contributed by atoms with Crippen molar-refractivity contribution in [3.05, 3.63) is 29.3 Å². The van der Waals surface area contributed by atoms with E-state index in [4.69, 9.17) is 5.73 Å². The maximum absolute atomic E-state index is 10.6. The fourth-order valence-corrected chi connectivity index (χ4v) is 2.53. The molecule has 1 aromatic carbocycles. The molecule has 1 aliphatic rings. The Labute approximate surface area is 109 Å². The van der Waals surface area contributed by atoms with Gasteiger partial charge in [-0.3, -0.25) is 4.79 Å². The molecule has 2 N–H and O–H groups in total. The van der Waals surface area contributed by atoms with Crippen LogP contribution in [0.25, 0.3) is 0 Å². The number of piperidine rings is 1. The minimum atomic E-state index is 0.162. The predicted molar refractivity (Wildman–Crippen MR) is 74.2 cm³/mol. The normalized spacial score (nSPS) is 17.8. The molecule has 97 valence electrons. The van der Waals surface area contributed by atoms with Crippen LogP contribution in [-0.4, -0.2) is 30.8 Å². The lowest BCUT2D eigenvalue weighted by atomic mass is 9.97. The van der Waals surface area contributed by atoms with Crippen LogP contribution in [0.2, 0.25) is 0 Å². The van der Waals surface area contributed by atoms with Crippen molar-refractivity contribution < 1.29 is 4.79 Å². The molecule has 1 heterocycles. The third-order valence-corrected chi connectivity index (χ3v) is 3.94. The van der Waals surface area contributed by atoms with E-state index in [0.717, 1.165) is 44.6 Å². The van der Waals surface area contributed by atoms with Crippen molar-refractivity contribution in [2.45, 2.75) is 26.2 Å². The van der Waals surface area contributed by atoms with Gasteiger partial charge in [-0.2, -0.15) is 0 Å². The second kappa shape index (κ2) is 6.01. The minimum absolute atomic E-state index is 0.162. The standard InChI is InChI=1S/C15H21N2O/c1-12-14(3-2-4-15(12)16)7-10-17-8-5-13(11-18)6-9-17/h2-4,13H,5-10,16H2,1H3. The number of nitrogen functional groups attached to an aromatic ring is 1. The molecule has 3 nitrogen and oxygen atoms in total. The number of carbonyl (C=O) groups excluding carboxylic acids is 1. The Morgan fingerprint density at radius 2 is 2.11 bits per heavy atom. The topological polar surface area (TPSA) is 46.3 Å². The average molecular weight is 245 g/mol. The quantitative estimate of drug-likeness (QED) is 0.825. The molecule has 2 rings (SSSR count). The van der Waals surface area contributed by atoms with Crippen LogP contribution < -0.4 is 5.73 Å². The van der Waals surface area contributed by atoms with E-state index < -0.39 is 0 Å². The Kier molecular flexibility index (Phi) is 4.37. The largest absolute Gasteiger partial charge is 0.399 e. The minimum Gasteiger partial charge on any atom is -0.399 e. The van der Waals surface area contributed by atoms with Crippen molar-refractivity contribution in [2.75, 3.05) is 25.4 Å². The van der Waals surface area contributed by atoms with E-state index in [1.807, 2.05) is 12.1 Å². The van der Waals surface area contributed by atoms with Crippen LogP contribution in [0.15, 0.2) is 18.2 Å². The molecule has 1 radical (unpaired) electrons. The highest BCUT2D eigenvalue weighted by Crippen LogP contribution is 2.18. The van der Waals surface area contributed by atoms with E-state index in [2.05, 4.69) is 24.2 Å². The van der Waals surface area contributed by atoms with E-state index >= 15 is 0 Å². The molecule has 0 atom stereocenters. The molecule has 3 heteroatoms. The number of nitrogens with two attached hydrogens (primary N) is 1. The first-order chi connectivity index (χ1) is 8.70. The van der Waals surface area contributed by atoms with E-state index in [1.165, 1.54) is 11.1 Å². The summed E-state index contributed by atoms with van der Waals surface area (Å²) in [7, 11) is 0. The number of likely N-dealkylation sites (tertiary alicyclic amines) is 1. The fraction of sp³-hybridized carbons (Fsp3) is 0.533. The summed E-state index contributed by atoms with van der Waals surface area (Å²) >= 11 is 0. The van der Waals surface area contributed by atoms with Crippen LogP contribution in [0.4, 0.5) is 5.69 Å². The Morgan fingerprint density at radius 3 is 2.78 bits per heavy atom. The first-order valence-electron chi connectivity index (χ1n) is 6.64. The Balaban J connectivity index is 1.85. The highest BCUT2D eigenvalue weighted by Gasteiger charge is 2.18. The Hall–Kier alpha value is -1.35. The molecular formula is C15H21N2O. The van der Waals surface area contributed by atoms with E-state index in [9.17, 15) is 4.79 Å². The van der Waals surface area contributed by atoms with Crippen molar-refractivity contribution in [3.8, 4) is 0 Å². The Bertz CT molecular complexity index is 409. The first-order valence-corrected chi connectivity index (χ1v) is 6.64. The summed E-state index contributed by atoms with van der Waals surface area (Å²) in [5.41, 5.74) is 9.32. The van der Waals surface area contributed by atoms with Crippen molar-refractivity contribution >= 4 is 12.0 Å². The van der Waals surface area contributed by atoms with E-state index in [-0.39, 0.29) is 5.92 Å². The molecule has 0 spiro atoms. The van der Waals surface area contributed by atoms with Gasteiger partial charge in [0, 0.05) is 18.2 Å². The third kappa shape index (κ3) is 3.10. The Morgan fingerprint density at radius 1 is 1.39 bits per heavy atom. The smallest absolute Gasteiger partial charge is 0.201 e. The van der Waals surface area contributed by atoms with Gasteiger partial charge in [0.25, 0.3) is 0 Å². The van der Waals surface area contributed by atoms with Gasteiger partial charge in [-0.25, -0.2) is 0 Å².